The Hall–Kier alpha value is -3.98. The summed E-state index contributed by atoms with van der Waals surface area (Å²) in [6.07, 6.45) is 6.86. The fraction of sp³-hybridized carbons (Fsp3) is 0.276. The highest BCUT2D eigenvalue weighted by atomic mass is 32.2. The number of piperidine rings is 1. The molecule has 38 heavy (non-hydrogen) atoms. The maximum absolute atomic E-state index is 12.7. The van der Waals surface area contributed by atoms with E-state index in [1.807, 2.05) is 84.5 Å². The average molecular weight is 531 g/mol. The van der Waals surface area contributed by atoms with Crippen LogP contribution in [0.3, 0.4) is 0 Å². The summed E-state index contributed by atoms with van der Waals surface area (Å²) in [7, 11) is 1.98. The van der Waals surface area contributed by atoms with Gasteiger partial charge in [-0.05, 0) is 66.8 Å². The number of rotatable bonds is 9. The summed E-state index contributed by atoms with van der Waals surface area (Å²) in [5, 5.41) is 0.971. The summed E-state index contributed by atoms with van der Waals surface area (Å²) in [4.78, 5) is 22.9. The number of aryl methyl sites for hydroxylation is 1. The number of amides is 1. The molecule has 1 saturated heterocycles. The molecule has 3 heterocycles. The molecule has 4 aromatic rings. The van der Waals surface area contributed by atoms with Crippen molar-refractivity contribution in [2.45, 2.75) is 23.8 Å². The van der Waals surface area contributed by atoms with Gasteiger partial charge in [-0.25, -0.2) is 14.8 Å². The number of aromatic nitrogens is 3. The van der Waals surface area contributed by atoms with Crippen molar-refractivity contribution in [2.75, 3.05) is 19.7 Å². The third kappa shape index (κ3) is 7.07. The van der Waals surface area contributed by atoms with Gasteiger partial charge in [-0.15, -0.1) is 0 Å². The topological polar surface area (TPSA) is 78.7 Å². The number of nitrogens with zero attached hydrogens (tertiary/aromatic N) is 4. The molecular weight excluding hydrogens is 500 g/mol. The third-order valence-electron chi connectivity index (χ3n) is 6.32. The molecule has 0 saturated carbocycles. The minimum atomic E-state index is -0.303. The van der Waals surface area contributed by atoms with Gasteiger partial charge in [0.1, 0.15) is 17.2 Å². The van der Waals surface area contributed by atoms with Crippen molar-refractivity contribution in [2.24, 2.45) is 13.0 Å². The van der Waals surface area contributed by atoms with Crippen LogP contribution in [0.5, 0.6) is 23.1 Å². The first kappa shape index (κ1) is 25.7. The van der Waals surface area contributed by atoms with Crippen molar-refractivity contribution in [3.8, 4) is 23.1 Å². The standard InChI is InChI=1S/C29H30N4O4S/c1-32-19-16-31-28(32)38-21-23-5-7-26(8-6-23)37-29(34)33-17-13-22(14-18-33)20-35-24-9-11-25(12-10-24)36-27-4-2-3-15-30-27/h2-12,15-16,19,22H,13-14,17-18,20-21H2,1H3. The molecule has 5 rings (SSSR count). The summed E-state index contributed by atoms with van der Waals surface area (Å²) >= 11 is 1.67. The highest BCUT2D eigenvalue weighted by Gasteiger charge is 2.24. The number of thioether (sulfide) groups is 1. The molecule has 8 nitrogen and oxygen atoms in total. The summed E-state index contributed by atoms with van der Waals surface area (Å²) < 4.78 is 19.3. The molecular formula is C29H30N4O4S. The largest absolute Gasteiger partial charge is 0.493 e. The number of carbonyl (C=O) groups is 1. The lowest BCUT2D eigenvalue weighted by Crippen LogP contribution is -2.41. The number of benzene rings is 2. The van der Waals surface area contributed by atoms with Gasteiger partial charge < -0.3 is 23.7 Å². The van der Waals surface area contributed by atoms with Crippen LogP contribution < -0.4 is 14.2 Å². The molecule has 1 amide bonds. The van der Waals surface area contributed by atoms with Gasteiger partial charge in [0.25, 0.3) is 0 Å². The lowest BCUT2D eigenvalue weighted by atomic mass is 9.98. The highest BCUT2D eigenvalue weighted by Crippen LogP contribution is 2.25. The van der Waals surface area contributed by atoms with Crippen LogP contribution in [0.4, 0.5) is 4.79 Å². The molecule has 0 aliphatic carbocycles. The highest BCUT2D eigenvalue weighted by molar-refractivity contribution is 7.98. The van der Waals surface area contributed by atoms with Gasteiger partial charge in [0.05, 0.1) is 6.61 Å². The van der Waals surface area contributed by atoms with Gasteiger partial charge >= 0.3 is 6.09 Å². The van der Waals surface area contributed by atoms with Gasteiger partial charge in [0, 0.05) is 50.5 Å². The first-order chi connectivity index (χ1) is 18.6. The van der Waals surface area contributed by atoms with Crippen molar-refractivity contribution in [1.82, 2.24) is 19.4 Å². The first-order valence-electron chi connectivity index (χ1n) is 12.6. The van der Waals surface area contributed by atoms with Gasteiger partial charge in [-0.3, -0.25) is 0 Å². The lowest BCUT2D eigenvalue weighted by Gasteiger charge is -2.31. The molecule has 196 valence electrons. The summed E-state index contributed by atoms with van der Waals surface area (Å²) in [5.41, 5.74) is 1.15. The van der Waals surface area contributed by atoms with E-state index in [-0.39, 0.29) is 6.09 Å². The van der Waals surface area contributed by atoms with Crippen molar-refractivity contribution in [1.29, 1.82) is 0 Å². The van der Waals surface area contributed by atoms with Crippen LogP contribution in [-0.2, 0) is 12.8 Å². The van der Waals surface area contributed by atoms with Crippen molar-refractivity contribution in [3.05, 3.63) is 90.9 Å². The molecule has 1 aliphatic rings. The second kappa shape index (κ2) is 12.5. The second-order valence-electron chi connectivity index (χ2n) is 9.10. The van der Waals surface area contributed by atoms with E-state index in [0.29, 0.717) is 43.0 Å². The zero-order chi connectivity index (χ0) is 26.2. The van der Waals surface area contributed by atoms with E-state index >= 15 is 0 Å². The van der Waals surface area contributed by atoms with Gasteiger partial charge in [-0.2, -0.15) is 0 Å². The smallest absolute Gasteiger partial charge is 0.415 e. The van der Waals surface area contributed by atoms with Crippen LogP contribution in [0.15, 0.2) is 90.5 Å². The Morgan fingerprint density at radius 1 is 0.921 bits per heavy atom. The molecule has 0 atom stereocenters. The Kier molecular flexibility index (Phi) is 8.45. The van der Waals surface area contributed by atoms with E-state index in [1.165, 1.54) is 0 Å². The summed E-state index contributed by atoms with van der Waals surface area (Å²) in [6.45, 7) is 1.92. The van der Waals surface area contributed by atoms with Gasteiger partial charge in [0.15, 0.2) is 5.16 Å². The lowest BCUT2D eigenvalue weighted by molar-refractivity contribution is 0.117. The Morgan fingerprint density at radius 3 is 2.34 bits per heavy atom. The number of ether oxygens (including phenoxy) is 3. The van der Waals surface area contributed by atoms with Crippen LogP contribution in [0, 0.1) is 5.92 Å². The van der Waals surface area contributed by atoms with Crippen LogP contribution in [-0.4, -0.2) is 45.2 Å². The first-order valence-corrected chi connectivity index (χ1v) is 13.6. The molecule has 9 heteroatoms. The summed E-state index contributed by atoms with van der Waals surface area (Å²) in [6, 6.07) is 20.7. The molecule has 1 aliphatic heterocycles. The fourth-order valence-corrected chi connectivity index (χ4v) is 4.97. The molecule has 0 bridgehead atoms. The maximum Gasteiger partial charge on any atom is 0.415 e. The minimum Gasteiger partial charge on any atom is -0.493 e. The molecule has 0 spiro atoms. The number of imidazole rings is 1. The zero-order valence-electron chi connectivity index (χ0n) is 21.2. The fourth-order valence-electron chi connectivity index (χ4n) is 4.09. The maximum atomic E-state index is 12.7. The molecule has 0 unspecified atom stereocenters. The van der Waals surface area contributed by atoms with Crippen molar-refractivity contribution in [3.63, 3.8) is 0 Å². The Bertz CT molecular complexity index is 1300. The number of pyridine rings is 1. The Labute approximate surface area is 226 Å². The quantitative estimate of drug-likeness (QED) is 0.239. The van der Waals surface area contributed by atoms with Crippen molar-refractivity contribution >= 4 is 17.9 Å². The number of carbonyl (C=O) groups excluding carboxylic acids is 1. The second-order valence-corrected chi connectivity index (χ2v) is 10.0. The van der Waals surface area contributed by atoms with Crippen LogP contribution in [0.2, 0.25) is 0 Å². The molecule has 0 radical (unpaired) electrons. The predicted molar refractivity (Wildman–Crippen MR) is 146 cm³/mol. The van der Waals surface area contributed by atoms with E-state index in [2.05, 4.69) is 9.97 Å². The molecule has 1 fully saturated rings. The Balaban J connectivity index is 1.01. The number of likely N-dealkylation sites (tertiary alicyclic amines) is 1. The predicted octanol–water partition coefficient (Wildman–Crippen LogP) is 6.19. The average Bonchev–Trinajstić information content (AvgIpc) is 3.37. The monoisotopic (exact) mass is 530 g/mol. The molecule has 2 aromatic carbocycles. The number of hydrogen-bond acceptors (Lipinski definition) is 7. The van der Waals surface area contributed by atoms with E-state index in [0.717, 1.165) is 35.1 Å². The van der Waals surface area contributed by atoms with E-state index in [4.69, 9.17) is 14.2 Å². The SMILES string of the molecule is Cn1ccnc1SCc1ccc(OC(=O)N2CCC(COc3ccc(Oc4ccccn4)cc3)CC2)cc1. The molecule has 2 aromatic heterocycles. The van der Waals surface area contributed by atoms with Crippen LogP contribution in [0.25, 0.3) is 0 Å². The molecule has 0 N–H and O–H groups in total. The summed E-state index contributed by atoms with van der Waals surface area (Å²) in [5.74, 6) is 3.81. The Morgan fingerprint density at radius 2 is 1.66 bits per heavy atom. The van der Waals surface area contributed by atoms with Gasteiger partial charge in [0.2, 0.25) is 5.88 Å². The van der Waals surface area contributed by atoms with E-state index in [1.54, 1.807) is 29.1 Å². The van der Waals surface area contributed by atoms with E-state index < -0.39 is 0 Å². The van der Waals surface area contributed by atoms with Crippen LogP contribution >= 0.6 is 11.8 Å². The minimum absolute atomic E-state index is 0.303. The van der Waals surface area contributed by atoms with Gasteiger partial charge in [-0.1, -0.05) is 30.0 Å². The van der Waals surface area contributed by atoms with E-state index in [9.17, 15) is 4.79 Å². The zero-order valence-corrected chi connectivity index (χ0v) is 22.0. The van der Waals surface area contributed by atoms with Crippen molar-refractivity contribution < 1.29 is 19.0 Å². The third-order valence-corrected chi connectivity index (χ3v) is 7.45. The van der Waals surface area contributed by atoms with Crippen LogP contribution in [0.1, 0.15) is 18.4 Å². The normalized spacial score (nSPS) is 13.8. The number of hydrogen-bond donors (Lipinski definition) is 0.